The lowest BCUT2D eigenvalue weighted by Gasteiger charge is -2.07. The predicted molar refractivity (Wildman–Crippen MR) is 75.2 cm³/mol. The predicted octanol–water partition coefficient (Wildman–Crippen LogP) is 3.51. The van der Waals surface area contributed by atoms with Crippen molar-refractivity contribution in [1.82, 2.24) is 9.55 Å². The van der Waals surface area contributed by atoms with Gasteiger partial charge < -0.3 is 4.57 Å². The maximum absolute atomic E-state index is 13.7. The molecule has 0 spiro atoms. The van der Waals surface area contributed by atoms with Crippen LogP contribution in [0.5, 0.6) is 0 Å². The first-order valence-electron chi connectivity index (χ1n) is 6.47. The number of rotatable bonds is 3. The van der Waals surface area contributed by atoms with Crippen molar-refractivity contribution in [2.24, 2.45) is 0 Å². The molecule has 0 atom stereocenters. The molecular formula is C16H12F2N2O. The van der Waals surface area contributed by atoms with Crippen molar-refractivity contribution in [3.05, 3.63) is 65.5 Å². The van der Waals surface area contributed by atoms with Gasteiger partial charge in [0.2, 0.25) is 0 Å². The van der Waals surface area contributed by atoms with Gasteiger partial charge in [-0.15, -0.1) is 0 Å². The van der Waals surface area contributed by atoms with Crippen molar-refractivity contribution in [3.8, 4) is 0 Å². The molecule has 0 radical (unpaired) electrons. The van der Waals surface area contributed by atoms with Crippen LogP contribution in [0.4, 0.5) is 8.78 Å². The average Bonchev–Trinajstić information content (AvgIpc) is 2.75. The van der Waals surface area contributed by atoms with E-state index < -0.39 is 23.0 Å². The van der Waals surface area contributed by atoms with E-state index in [0.29, 0.717) is 5.82 Å². The highest BCUT2D eigenvalue weighted by Crippen LogP contribution is 2.18. The van der Waals surface area contributed by atoms with Crippen LogP contribution in [0.3, 0.4) is 0 Å². The molecule has 0 unspecified atom stereocenters. The molecule has 5 heteroatoms. The van der Waals surface area contributed by atoms with E-state index in [1.54, 1.807) is 11.5 Å². The first kappa shape index (κ1) is 13.4. The molecule has 1 aromatic heterocycles. The van der Waals surface area contributed by atoms with E-state index in [1.165, 1.54) is 6.07 Å². The van der Waals surface area contributed by atoms with E-state index in [-0.39, 0.29) is 6.54 Å². The summed E-state index contributed by atoms with van der Waals surface area (Å²) in [4.78, 5) is 16.5. The van der Waals surface area contributed by atoms with Crippen LogP contribution in [0.25, 0.3) is 11.0 Å². The van der Waals surface area contributed by atoms with Crippen LogP contribution in [-0.4, -0.2) is 15.3 Å². The Morgan fingerprint density at radius 1 is 1.10 bits per heavy atom. The molecule has 0 fully saturated rings. The number of ketones is 1. The van der Waals surface area contributed by atoms with Crippen LogP contribution < -0.4 is 0 Å². The van der Waals surface area contributed by atoms with E-state index in [2.05, 4.69) is 4.98 Å². The quantitative estimate of drug-likeness (QED) is 0.691. The number of hydrogen-bond donors (Lipinski definition) is 0. The highest BCUT2D eigenvalue weighted by molar-refractivity contribution is 5.97. The Hall–Kier alpha value is -2.56. The zero-order valence-corrected chi connectivity index (χ0v) is 11.3. The normalized spacial score (nSPS) is 11.0. The Kier molecular flexibility index (Phi) is 3.25. The molecule has 0 aliphatic carbocycles. The smallest absolute Gasteiger partial charge is 0.188 e. The monoisotopic (exact) mass is 286 g/mol. The first-order valence-corrected chi connectivity index (χ1v) is 6.47. The largest absolute Gasteiger partial charge is 0.320 e. The Morgan fingerprint density at radius 3 is 2.48 bits per heavy atom. The molecule has 0 aliphatic rings. The molecule has 1 heterocycles. The minimum absolute atomic E-state index is 0.149. The Bertz CT molecular complexity index is 819. The highest BCUT2D eigenvalue weighted by atomic mass is 19.1. The molecule has 3 aromatic rings. The van der Waals surface area contributed by atoms with Gasteiger partial charge in [0, 0.05) is 0 Å². The van der Waals surface area contributed by atoms with Gasteiger partial charge in [-0.1, -0.05) is 18.2 Å². The van der Waals surface area contributed by atoms with Crippen molar-refractivity contribution >= 4 is 16.8 Å². The van der Waals surface area contributed by atoms with Crippen molar-refractivity contribution < 1.29 is 13.6 Å². The van der Waals surface area contributed by atoms with E-state index in [1.807, 2.05) is 24.3 Å². The van der Waals surface area contributed by atoms with Crippen LogP contribution in [0, 0.1) is 18.6 Å². The molecule has 0 aliphatic heterocycles. The fourth-order valence-corrected chi connectivity index (χ4v) is 2.38. The van der Waals surface area contributed by atoms with Crippen LogP contribution in [-0.2, 0) is 6.54 Å². The van der Waals surface area contributed by atoms with Gasteiger partial charge in [-0.05, 0) is 31.2 Å². The number of hydrogen-bond acceptors (Lipinski definition) is 2. The minimum atomic E-state index is -0.845. The number of imidazole rings is 1. The number of aromatic nitrogens is 2. The highest BCUT2D eigenvalue weighted by Gasteiger charge is 2.19. The zero-order valence-electron chi connectivity index (χ0n) is 11.3. The molecule has 21 heavy (non-hydrogen) atoms. The van der Waals surface area contributed by atoms with Gasteiger partial charge in [-0.2, -0.15) is 0 Å². The third-order valence-corrected chi connectivity index (χ3v) is 3.39. The maximum atomic E-state index is 13.7. The van der Waals surface area contributed by atoms with Crippen molar-refractivity contribution in [3.63, 3.8) is 0 Å². The molecule has 106 valence electrons. The van der Waals surface area contributed by atoms with Gasteiger partial charge in [0.1, 0.15) is 17.5 Å². The maximum Gasteiger partial charge on any atom is 0.188 e. The lowest BCUT2D eigenvalue weighted by atomic mass is 10.1. The zero-order chi connectivity index (χ0) is 15.0. The third kappa shape index (κ3) is 2.31. The first-order chi connectivity index (χ1) is 10.1. The summed E-state index contributed by atoms with van der Waals surface area (Å²) in [6.07, 6.45) is 0. The number of fused-ring (bicyclic) bond motifs is 1. The molecule has 2 aromatic carbocycles. The van der Waals surface area contributed by atoms with Crippen LogP contribution in [0.15, 0.2) is 42.5 Å². The summed E-state index contributed by atoms with van der Waals surface area (Å²) < 4.78 is 29.0. The summed E-state index contributed by atoms with van der Waals surface area (Å²) in [5.74, 6) is -1.68. The fraction of sp³-hybridized carbons (Fsp3) is 0.125. The van der Waals surface area contributed by atoms with E-state index >= 15 is 0 Å². The van der Waals surface area contributed by atoms with Crippen LogP contribution >= 0.6 is 0 Å². The van der Waals surface area contributed by atoms with Crippen molar-refractivity contribution in [1.29, 1.82) is 0 Å². The second kappa shape index (κ2) is 5.09. The van der Waals surface area contributed by atoms with Gasteiger partial charge >= 0.3 is 0 Å². The summed E-state index contributed by atoms with van der Waals surface area (Å²) in [6.45, 7) is 1.61. The lowest BCUT2D eigenvalue weighted by molar-refractivity contribution is 0.0964. The second-order valence-corrected chi connectivity index (χ2v) is 4.75. The SMILES string of the molecule is Cc1nc2ccccc2n1CC(=O)c1c(F)cccc1F. The summed E-state index contributed by atoms with van der Waals surface area (Å²) in [5.41, 5.74) is 1.01. The number of para-hydroxylation sites is 2. The number of Topliss-reactive ketones (excluding diaryl/α,β-unsaturated/α-hetero) is 1. The molecule has 0 saturated heterocycles. The number of halogens is 2. The Labute approximate surface area is 119 Å². The van der Waals surface area contributed by atoms with Gasteiger partial charge in [0.05, 0.1) is 23.1 Å². The molecule has 0 saturated carbocycles. The van der Waals surface area contributed by atoms with Gasteiger partial charge in [0.25, 0.3) is 0 Å². The summed E-state index contributed by atoms with van der Waals surface area (Å²) in [7, 11) is 0. The van der Waals surface area contributed by atoms with Crippen LogP contribution in [0.1, 0.15) is 16.2 Å². The Morgan fingerprint density at radius 2 is 1.76 bits per heavy atom. The Balaban J connectivity index is 2.03. The van der Waals surface area contributed by atoms with Gasteiger partial charge in [-0.3, -0.25) is 4.79 Å². The number of carbonyl (C=O) groups excluding carboxylic acids is 1. The fourth-order valence-electron chi connectivity index (χ4n) is 2.38. The molecule has 3 rings (SSSR count). The van der Waals surface area contributed by atoms with E-state index in [9.17, 15) is 13.6 Å². The topological polar surface area (TPSA) is 34.9 Å². The van der Waals surface area contributed by atoms with Crippen molar-refractivity contribution in [2.75, 3.05) is 0 Å². The van der Waals surface area contributed by atoms with Crippen LogP contribution in [0.2, 0.25) is 0 Å². The number of nitrogens with zero attached hydrogens (tertiary/aromatic N) is 2. The van der Waals surface area contributed by atoms with Crippen molar-refractivity contribution in [2.45, 2.75) is 13.5 Å². The molecule has 0 bridgehead atoms. The summed E-state index contributed by atoms with van der Waals surface area (Å²) >= 11 is 0. The second-order valence-electron chi connectivity index (χ2n) is 4.75. The number of carbonyl (C=O) groups is 1. The molecule has 0 N–H and O–H groups in total. The van der Waals surface area contributed by atoms with Gasteiger partial charge in [-0.25, -0.2) is 13.8 Å². The molecule has 0 amide bonds. The lowest BCUT2D eigenvalue weighted by Crippen LogP contribution is -2.14. The number of benzene rings is 2. The minimum Gasteiger partial charge on any atom is -0.320 e. The average molecular weight is 286 g/mol. The standard InChI is InChI=1S/C16H12F2N2O/c1-10-19-13-7-2-3-8-14(13)20(10)9-15(21)16-11(17)5-4-6-12(16)18/h2-8H,9H2,1H3. The molecular weight excluding hydrogens is 274 g/mol. The van der Waals surface area contributed by atoms with Gasteiger partial charge in [0.15, 0.2) is 5.78 Å². The number of aryl methyl sites for hydroxylation is 1. The molecule has 3 nitrogen and oxygen atoms in total. The van der Waals surface area contributed by atoms with E-state index in [0.717, 1.165) is 23.2 Å². The summed E-state index contributed by atoms with van der Waals surface area (Å²) in [6, 6.07) is 10.7. The summed E-state index contributed by atoms with van der Waals surface area (Å²) in [5, 5.41) is 0. The van der Waals surface area contributed by atoms with E-state index in [4.69, 9.17) is 0 Å². The third-order valence-electron chi connectivity index (χ3n) is 3.39.